The highest BCUT2D eigenvalue weighted by Crippen LogP contribution is 2.02. The van der Waals surface area contributed by atoms with Crippen molar-refractivity contribution in [1.29, 1.82) is 0 Å². The molecule has 0 aliphatic heterocycles. The van der Waals surface area contributed by atoms with E-state index in [-0.39, 0.29) is 5.44 Å². The molecule has 0 aromatic carbocycles. The van der Waals surface area contributed by atoms with Crippen molar-refractivity contribution < 1.29 is 9.53 Å². The van der Waals surface area contributed by atoms with Crippen LogP contribution in [0.5, 0.6) is 0 Å². The molecule has 2 nitrogen and oxygen atoms in total. The zero-order chi connectivity index (χ0) is 6.41. The number of carbonyl (C=O) groups is 1. The fourth-order valence-electron chi connectivity index (χ4n) is 0.328. The number of hydrogen-bond donors (Lipinski definition) is 1. The third-order valence-electron chi connectivity index (χ3n) is 0.804. The zero-order valence-corrected chi connectivity index (χ0v) is 5.73. The summed E-state index contributed by atoms with van der Waals surface area (Å²) in [6.07, 6.45) is 2.09. The summed E-state index contributed by atoms with van der Waals surface area (Å²) in [6, 6.07) is 0. The third kappa shape index (κ3) is 4.15. The van der Waals surface area contributed by atoms with Gasteiger partial charge in [-0.1, -0.05) is 0 Å². The Balaban J connectivity index is 2.97. The van der Waals surface area contributed by atoms with Gasteiger partial charge in [-0.3, -0.25) is 0 Å². The smallest absolute Gasteiger partial charge is 0.120 e. The van der Waals surface area contributed by atoms with Gasteiger partial charge in [0, 0.05) is 13.5 Å². The molecule has 0 fully saturated rings. The van der Waals surface area contributed by atoms with Crippen LogP contribution in [0.1, 0.15) is 12.8 Å². The maximum Gasteiger partial charge on any atom is 0.120 e. The summed E-state index contributed by atoms with van der Waals surface area (Å²) < 4.78 is 4.76. The second-order valence-corrected chi connectivity index (χ2v) is 2.01. The maximum atomic E-state index is 9.74. The van der Waals surface area contributed by atoms with Crippen molar-refractivity contribution in [2.24, 2.45) is 0 Å². The Morgan fingerprint density at radius 3 is 2.88 bits per heavy atom. The highest BCUT2D eigenvalue weighted by atomic mass is 32.1. The number of aldehydes is 1. The molecule has 0 spiro atoms. The SMILES string of the molecule is COC(S)CCC=O. The fraction of sp³-hybridized carbons (Fsp3) is 0.800. The minimum absolute atomic E-state index is 0.0831. The Labute approximate surface area is 54.6 Å². The van der Waals surface area contributed by atoms with Crippen LogP contribution in [0.4, 0.5) is 0 Å². The molecule has 0 saturated carbocycles. The first-order chi connectivity index (χ1) is 3.81. The van der Waals surface area contributed by atoms with E-state index in [2.05, 4.69) is 12.6 Å². The van der Waals surface area contributed by atoms with Crippen molar-refractivity contribution in [2.75, 3.05) is 7.11 Å². The Morgan fingerprint density at radius 1 is 1.88 bits per heavy atom. The van der Waals surface area contributed by atoms with Crippen LogP contribution >= 0.6 is 12.6 Å². The van der Waals surface area contributed by atoms with Gasteiger partial charge < -0.3 is 9.53 Å². The van der Waals surface area contributed by atoms with Gasteiger partial charge in [-0.25, -0.2) is 0 Å². The topological polar surface area (TPSA) is 26.3 Å². The van der Waals surface area contributed by atoms with E-state index in [4.69, 9.17) is 4.74 Å². The van der Waals surface area contributed by atoms with E-state index >= 15 is 0 Å². The van der Waals surface area contributed by atoms with Crippen LogP contribution in [0.25, 0.3) is 0 Å². The molecule has 0 aliphatic rings. The van der Waals surface area contributed by atoms with Gasteiger partial charge in [-0.15, -0.1) is 12.6 Å². The first-order valence-corrected chi connectivity index (χ1v) is 2.97. The zero-order valence-electron chi connectivity index (χ0n) is 4.83. The van der Waals surface area contributed by atoms with Crippen LogP contribution in [-0.2, 0) is 9.53 Å². The summed E-state index contributed by atoms with van der Waals surface area (Å²) in [4.78, 5) is 9.74. The van der Waals surface area contributed by atoms with Crippen LogP contribution in [0, 0.1) is 0 Å². The molecule has 0 aliphatic carbocycles. The van der Waals surface area contributed by atoms with Crippen molar-refractivity contribution >= 4 is 18.9 Å². The molecule has 0 aromatic heterocycles. The van der Waals surface area contributed by atoms with E-state index in [0.717, 1.165) is 6.29 Å². The molecule has 0 heterocycles. The van der Waals surface area contributed by atoms with Crippen molar-refractivity contribution in [2.45, 2.75) is 18.3 Å². The van der Waals surface area contributed by atoms with Crippen LogP contribution < -0.4 is 0 Å². The molecule has 0 aromatic rings. The van der Waals surface area contributed by atoms with Crippen LogP contribution in [0.2, 0.25) is 0 Å². The molecule has 0 radical (unpaired) electrons. The van der Waals surface area contributed by atoms with Crippen LogP contribution in [0.15, 0.2) is 0 Å². The molecule has 1 atom stereocenters. The van der Waals surface area contributed by atoms with Gasteiger partial charge in [0.2, 0.25) is 0 Å². The Bertz CT molecular complexity index is 65.4. The Hall–Kier alpha value is -0.0200. The summed E-state index contributed by atoms with van der Waals surface area (Å²) in [5.74, 6) is 0. The van der Waals surface area contributed by atoms with E-state index in [1.165, 1.54) is 0 Å². The predicted molar refractivity (Wildman–Crippen MR) is 35.1 cm³/mol. The van der Waals surface area contributed by atoms with Gasteiger partial charge in [-0.05, 0) is 6.42 Å². The number of rotatable bonds is 4. The number of thiol groups is 1. The molecule has 0 amide bonds. The lowest BCUT2D eigenvalue weighted by molar-refractivity contribution is -0.108. The first-order valence-electron chi connectivity index (χ1n) is 2.45. The van der Waals surface area contributed by atoms with E-state index in [1.807, 2.05) is 0 Å². The van der Waals surface area contributed by atoms with E-state index in [0.29, 0.717) is 12.8 Å². The lowest BCUT2D eigenvalue weighted by Crippen LogP contribution is -2.00. The molecule has 0 bridgehead atoms. The number of carbonyl (C=O) groups excluding carboxylic acids is 1. The Kier molecular flexibility index (Phi) is 5.11. The normalized spacial score (nSPS) is 13.2. The number of hydrogen-bond acceptors (Lipinski definition) is 3. The molecule has 0 saturated heterocycles. The van der Waals surface area contributed by atoms with Gasteiger partial charge in [0.25, 0.3) is 0 Å². The lowest BCUT2D eigenvalue weighted by Gasteiger charge is -2.03. The van der Waals surface area contributed by atoms with Crippen LogP contribution in [0.3, 0.4) is 0 Å². The van der Waals surface area contributed by atoms with Crippen molar-refractivity contribution in [3.8, 4) is 0 Å². The standard InChI is InChI=1S/C5H10O2S/c1-7-5(8)3-2-4-6/h4-5,8H,2-3H2,1H3. The van der Waals surface area contributed by atoms with Crippen molar-refractivity contribution in [1.82, 2.24) is 0 Å². The summed E-state index contributed by atoms with van der Waals surface area (Å²) in [5.41, 5.74) is -0.0831. The third-order valence-corrected chi connectivity index (χ3v) is 1.27. The number of ether oxygens (including phenoxy) is 1. The summed E-state index contributed by atoms with van der Waals surface area (Å²) in [6.45, 7) is 0. The van der Waals surface area contributed by atoms with Gasteiger partial charge in [0.15, 0.2) is 0 Å². The van der Waals surface area contributed by atoms with Gasteiger partial charge >= 0.3 is 0 Å². The van der Waals surface area contributed by atoms with Crippen LogP contribution in [-0.4, -0.2) is 18.8 Å². The lowest BCUT2D eigenvalue weighted by atomic mass is 10.3. The molecule has 1 unspecified atom stereocenters. The quantitative estimate of drug-likeness (QED) is 0.351. The highest BCUT2D eigenvalue weighted by Gasteiger charge is 1.96. The monoisotopic (exact) mass is 134 g/mol. The van der Waals surface area contributed by atoms with E-state index in [9.17, 15) is 4.79 Å². The molecule has 3 heteroatoms. The summed E-state index contributed by atoms with van der Waals surface area (Å²) in [5, 5.41) is 0. The largest absolute Gasteiger partial charge is 0.371 e. The van der Waals surface area contributed by atoms with E-state index < -0.39 is 0 Å². The summed E-state index contributed by atoms with van der Waals surface area (Å²) in [7, 11) is 1.57. The minimum Gasteiger partial charge on any atom is -0.371 e. The molecule has 0 N–H and O–H groups in total. The highest BCUT2D eigenvalue weighted by molar-refractivity contribution is 7.80. The second kappa shape index (κ2) is 5.12. The number of methoxy groups -OCH3 is 1. The van der Waals surface area contributed by atoms with E-state index in [1.54, 1.807) is 7.11 Å². The summed E-state index contributed by atoms with van der Waals surface area (Å²) >= 11 is 3.98. The van der Waals surface area contributed by atoms with Gasteiger partial charge in [0.05, 0.1) is 5.44 Å². The minimum atomic E-state index is -0.0831. The Morgan fingerprint density at radius 2 is 2.50 bits per heavy atom. The molecule has 0 rings (SSSR count). The average molecular weight is 134 g/mol. The van der Waals surface area contributed by atoms with Gasteiger partial charge in [-0.2, -0.15) is 0 Å². The molecule has 8 heavy (non-hydrogen) atoms. The van der Waals surface area contributed by atoms with Crippen molar-refractivity contribution in [3.63, 3.8) is 0 Å². The first kappa shape index (κ1) is 7.98. The van der Waals surface area contributed by atoms with Gasteiger partial charge in [0.1, 0.15) is 6.29 Å². The molecular formula is C5H10O2S. The predicted octanol–water partition coefficient (Wildman–Crippen LogP) is 0.868. The maximum absolute atomic E-state index is 9.74. The average Bonchev–Trinajstić information content (AvgIpc) is 1.83. The van der Waals surface area contributed by atoms with Crippen molar-refractivity contribution in [3.05, 3.63) is 0 Å². The second-order valence-electron chi connectivity index (χ2n) is 1.43. The fourth-order valence-corrected chi connectivity index (χ4v) is 0.478. The molecular weight excluding hydrogens is 124 g/mol. The molecule has 48 valence electrons.